The third-order valence-electron chi connectivity index (χ3n) is 4.20. The molecule has 0 amide bonds. The van der Waals surface area contributed by atoms with E-state index < -0.39 is 0 Å². The van der Waals surface area contributed by atoms with Gasteiger partial charge in [0.05, 0.1) is 31.2 Å². The Bertz CT molecular complexity index is 842. The highest BCUT2D eigenvalue weighted by Crippen LogP contribution is 2.28. The minimum Gasteiger partial charge on any atom is -0.481 e. The smallest absolute Gasteiger partial charge is 0.222 e. The maximum Gasteiger partial charge on any atom is 0.222 e. The van der Waals surface area contributed by atoms with E-state index >= 15 is 0 Å². The van der Waals surface area contributed by atoms with Gasteiger partial charge in [-0.05, 0) is 30.7 Å². The van der Waals surface area contributed by atoms with Crippen LogP contribution in [-0.2, 0) is 4.74 Å². The molecule has 4 heterocycles. The molecule has 0 bridgehead atoms. The van der Waals surface area contributed by atoms with Crippen LogP contribution >= 0.6 is 0 Å². The van der Waals surface area contributed by atoms with Crippen LogP contribution in [0.4, 0.5) is 5.82 Å². The molecule has 1 aliphatic rings. The van der Waals surface area contributed by atoms with E-state index in [9.17, 15) is 0 Å². The van der Waals surface area contributed by atoms with Crippen LogP contribution in [0.2, 0.25) is 0 Å². The second-order valence-electron chi connectivity index (χ2n) is 5.80. The van der Waals surface area contributed by atoms with Crippen LogP contribution in [0.5, 0.6) is 5.88 Å². The predicted octanol–water partition coefficient (Wildman–Crippen LogP) is 2.25. The van der Waals surface area contributed by atoms with E-state index in [0.717, 1.165) is 48.9 Å². The molecular formula is C17H19N5O2. The molecule has 7 heteroatoms. The number of anilines is 1. The van der Waals surface area contributed by atoms with E-state index in [1.807, 2.05) is 28.8 Å². The van der Waals surface area contributed by atoms with Gasteiger partial charge in [0.2, 0.25) is 5.88 Å². The van der Waals surface area contributed by atoms with E-state index in [1.54, 1.807) is 19.5 Å². The number of ether oxygens (including phenoxy) is 2. The molecule has 1 atom stereocenters. The maximum atomic E-state index is 5.41. The van der Waals surface area contributed by atoms with Crippen LogP contribution in [0, 0.1) is 5.92 Å². The standard InChI is InChI=1S/C17H19N5O2/c1-23-17-13(3-2-7-18-17)14-10-20-16-5-4-15(21-22(14)16)19-9-12-6-8-24-11-12/h2-5,7,10,12H,6,8-9,11H2,1H3,(H,19,21). The molecule has 1 saturated heterocycles. The Balaban J connectivity index is 1.65. The van der Waals surface area contributed by atoms with Gasteiger partial charge in [-0.15, -0.1) is 5.10 Å². The van der Waals surface area contributed by atoms with E-state index in [1.165, 1.54) is 0 Å². The summed E-state index contributed by atoms with van der Waals surface area (Å²) in [6, 6.07) is 7.72. The monoisotopic (exact) mass is 325 g/mol. The second kappa shape index (κ2) is 6.45. The molecule has 1 N–H and O–H groups in total. The average molecular weight is 325 g/mol. The third kappa shape index (κ3) is 2.78. The van der Waals surface area contributed by atoms with Crippen molar-refractivity contribution in [1.29, 1.82) is 0 Å². The summed E-state index contributed by atoms with van der Waals surface area (Å²) in [6.45, 7) is 2.53. The van der Waals surface area contributed by atoms with Gasteiger partial charge in [-0.25, -0.2) is 14.5 Å². The fourth-order valence-electron chi connectivity index (χ4n) is 2.89. The van der Waals surface area contributed by atoms with Crippen LogP contribution < -0.4 is 10.1 Å². The van der Waals surface area contributed by atoms with Gasteiger partial charge in [-0.2, -0.15) is 0 Å². The largest absolute Gasteiger partial charge is 0.481 e. The molecule has 7 nitrogen and oxygen atoms in total. The zero-order valence-electron chi connectivity index (χ0n) is 13.5. The molecular weight excluding hydrogens is 306 g/mol. The predicted molar refractivity (Wildman–Crippen MR) is 90.2 cm³/mol. The van der Waals surface area contributed by atoms with Crippen molar-refractivity contribution in [3.8, 4) is 17.1 Å². The third-order valence-corrected chi connectivity index (χ3v) is 4.20. The highest BCUT2D eigenvalue weighted by molar-refractivity contribution is 5.68. The number of pyridine rings is 1. The van der Waals surface area contributed by atoms with Crippen molar-refractivity contribution >= 4 is 11.5 Å². The lowest BCUT2D eigenvalue weighted by Gasteiger charge is -2.11. The Labute approximate surface area is 139 Å². The number of aromatic nitrogens is 4. The Morgan fingerprint density at radius 2 is 2.29 bits per heavy atom. The fourth-order valence-corrected chi connectivity index (χ4v) is 2.89. The molecule has 0 spiro atoms. The first kappa shape index (κ1) is 14.9. The lowest BCUT2D eigenvalue weighted by atomic mass is 10.1. The zero-order valence-corrected chi connectivity index (χ0v) is 13.5. The molecule has 1 fully saturated rings. The van der Waals surface area contributed by atoms with E-state index in [0.29, 0.717) is 11.8 Å². The van der Waals surface area contributed by atoms with Crippen molar-refractivity contribution in [2.24, 2.45) is 5.92 Å². The van der Waals surface area contributed by atoms with Crippen molar-refractivity contribution in [3.63, 3.8) is 0 Å². The van der Waals surface area contributed by atoms with Crippen LogP contribution in [0.3, 0.4) is 0 Å². The van der Waals surface area contributed by atoms with Gasteiger partial charge in [0.15, 0.2) is 5.65 Å². The van der Waals surface area contributed by atoms with Crippen LogP contribution in [-0.4, -0.2) is 46.5 Å². The molecule has 124 valence electrons. The van der Waals surface area contributed by atoms with Gasteiger partial charge in [-0.3, -0.25) is 0 Å². The number of nitrogens with zero attached hydrogens (tertiary/aromatic N) is 4. The molecule has 0 aromatic carbocycles. The Morgan fingerprint density at radius 1 is 1.33 bits per heavy atom. The first-order chi connectivity index (χ1) is 11.8. The van der Waals surface area contributed by atoms with Crippen LogP contribution in [0.15, 0.2) is 36.7 Å². The molecule has 4 rings (SSSR count). The first-order valence-corrected chi connectivity index (χ1v) is 8.01. The van der Waals surface area contributed by atoms with Crippen molar-refractivity contribution in [3.05, 3.63) is 36.7 Å². The van der Waals surface area contributed by atoms with Crippen molar-refractivity contribution in [2.45, 2.75) is 6.42 Å². The number of methoxy groups -OCH3 is 1. The topological polar surface area (TPSA) is 73.6 Å². The van der Waals surface area contributed by atoms with Crippen LogP contribution in [0.25, 0.3) is 16.9 Å². The summed E-state index contributed by atoms with van der Waals surface area (Å²) in [6.07, 6.45) is 4.59. The lowest BCUT2D eigenvalue weighted by molar-refractivity contribution is 0.187. The molecule has 0 saturated carbocycles. The number of hydrogen-bond donors (Lipinski definition) is 1. The SMILES string of the molecule is COc1ncccc1-c1cnc2ccc(NCC3CCOC3)nn12. The number of nitrogens with one attached hydrogen (secondary N) is 1. The van der Waals surface area contributed by atoms with Crippen LogP contribution in [0.1, 0.15) is 6.42 Å². The van der Waals surface area contributed by atoms with Crippen molar-refractivity contribution < 1.29 is 9.47 Å². The Morgan fingerprint density at radius 3 is 3.12 bits per heavy atom. The summed E-state index contributed by atoms with van der Waals surface area (Å²) in [4.78, 5) is 8.67. The summed E-state index contributed by atoms with van der Waals surface area (Å²) in [5.41, 5.74) is 2.50. The molecule has 1 aliphatic heterocycles. The summed E-state index contributed by atoms with van der Waals surface area (Å²) in [7, 11) is 1.61. The number of imidazole rings is 1. The fraction of sp³-hybridized carbons (Fsp3) is 0.353. The normalized spacial score (nSPS) is 17.3. The number of hydrogen-bond acceptors (Lipinski definition) is 6. The molecule has 24 heavy (non-hydrogen) atoms. The van der Waals surface area contributed by atoms with E-state index in [-0.39, 0.29) is 0 Å². The number of rotatable bonds is 5. The average Bonchev–Trinajstić information content (AvgIpc) is 3.29. The van der Waals surface area contributed by atoms with Gasteiger partial charge in [0, 0.05) is 25.3 Å². The molecule has 3 aromatic heterocycles. The highest BCUT2D eigenvalue weighted by Gasteiger charge is 2.16. The molecule has 0 radical (unpaired) electrons. The van der Waals surface area contributed by atoms with E-state index in [4.69, 9.17) is 9.47 Å². The number of fused-ring (bicyclic) bond motifs is 1. The molecule has 0 aliphatic carbocycles. The van der Waals surface area contributed by atoms with E-state index in [2.05, 4.69) is 20.4 Å². The van der Waals surface area contributed by atoms with Gasteiger partial charge in [-0.1, -0.05) is 0 Å². The summed E-state index contributed by atoms with van der Waals surface area (Å²) in [5, 5.41) is 8.06. The zero-order chi connectivity index (χ0) is 16.4. The van der Waals surface area contributed by atoms with Crippen molar-refractivity contribution in [2.75, 3.05) is 32.2 Å². The van der Waals surface area contributed by atoms with Gasteiger partial charge < -0.3 is 14.8 Å². The summed E-state index contributed by atoms with van der Waals surface area (Å²) < 4.78 is 12.6. The van der Waals surface area contributed by atoms with Gasteiger partial charge in [0.1, 0.15) is 5.82 Å². The minimum atomic E-state index is 0.545. The van der Waals surface area contributed by atoms with Gasteiger partial charge in [0.25, 0.3) is 0 Å². The lowest BCUT2D eigenvalue weighted by Crippen LogP contribution is -2.15. The summed E-state index contributed by atoms with van der Waals surface area (Å²) >= 11 is 0. The molecule has 3 aromatic rings. The Hall–Kier alpha value is -2.67. The second-order valence-corrected chi connectivity index (χ2v) is 5.80. The first-order valence-electron chi connectivity index (χ1n) is 8.01. The highest BCUT2D eigenvalue weighted by atomic mass is 16.5. The molecule has 1 unspecified atom stereocenters. The van der Waals surface area contributed by atoms with Gasteiger partial charge >= 0.3 is 0 Å². The summed E-state index contributed by atoms with van der Waals surface area (Å²) in [5.74, 6) is 1.92. The minimum absolute atomic E-state index is 0.545. The quantitative estimate of drug-likeness (QED) is 0.775. The Kier molecular flexibility index (Phi) is 4.00. The maximum absolute atomic E-state index is 5.41. The van der Waals surface area contributed by atoms with Crippen molar-refractivity contribution in [1.82, 2.24) is 19.6 Å².